The predicted octanol–water partition coefficient (Wildman–Crippen LogP) is 0.716. The van der Waals surface area contributed by atoms with E-state index in [1.54, 1.807) is 0 Å². The maximum Gasteiger partial charge on any atom is 0.338 e. The largest absolute Gasteiger partial charge is 0.449 e. The second-order valence-corrected chi connectivity index (χ2v) is 6.64. The fourth-order valence-corrected chi connectivity index (χ4v) is 2.65. The minimum atomic E-state index is -3.89. The molecule has 1 aromatic rings. The number of hydrogen-bond acceptors (Lipinski definition) is 6. The van der Waals surface area contributed by atoms with E-state index in [-0.39, 0.29) is 17.0 Å². The Labute approximate surface area is 141 Å². The lowest BCUT2D eigenvalue weighted by Crippen LogP contribution is -2.35. The van der Waals surface area contributed by atoms with Gasteiger partial charge < -0.3 is 10.1 Å². The topological polar surface area (TPSA) is 102 Å². The fraction of sp³-hybridized carbons (Fsp3) is 0.333. The zero-order chi connectivity index (χ0) is 18.3. The molecule has 132 valence electrons. The maximum atomic E-state index is 12.2. The minimum absolute atomic E-state index is 0.00366. The number of hydrogen-bond donors (Lipinski definition) is 1. The van der Waals surface area contributed by atoms with E-state index >= 15 is 0 Å². The maximum absolute atomic E-state index is 12.2. The molecule has 0 spiro atoms. The Balaban J connectivity index is 2.92. The van der Waals surface area contributed by atoms with E-state index in [1.165, 1.54) is 45.4 Å². The van der Waals surface area contributed by atoms with Crippen molar-refractivity contribution < 1.29 is 27.6 Å². The fourth-order valence-electron chi connectivity index (χ4n) is 1.63. The van der Waals surface area contributed by atoms with Gasteiger partial charge in [0.2, 0.25) is 0 Å². The van der Waals surface area contributed by atoms with Crippen molar-refractivity contribution in [2.45, 2.75) is 17.9 Å². The van der Waals surface area contributed by atoms with Gasteiger partial charge in [-0.1, -0.05) is 16.6 Å². The van der Waals surface area contributed by atoms with Crippen molar-refractivity contribution in [3.05, 3.63) is 42.5 Å². The van der Waals surface area contributed by atoms with Gasteiger partial charge in [-0.15, -0.1) is 6.58 Å². The first kappa shape index (κ1) is 19.8. The van der Waals surface area contributed by atoms with Gasteiger partial charge in [-0.25, -0.2) is 13.2 Å². The van der Waals surface area contributed by atoms with E-state index in [4.69, 9.17) is 4.74 Å². The van der Waals surface area contributed by atoms with Crippen molar-refractivity contribution in [3.8, 4) is 0 Å². The molecule has 0 aliphatic rings. The molecular weight excluding hydrogens is 336 g/mol. The van der Waals surface area contributed by atoms with Gasteiger partial charge >= 0.3 is 5.97 Å². The summed E-state index contributed by atoms with van der Waals surface area (Å²) in [4.78, 5) is 28.3. The Morgan fingerprint density at radius 3 is 2.67 bits per heavy atom. The van der Waals surface area contributed by atoms with Crippen LogP contribution in [0.4, 0.5) is 0 Å². The molecule has 9 heteroatoms. The number of ether oxygens (including phenoxy) is 1. The van der Waals surface area contributed by atoms with Gasteiger partial charge in [0, 0.05) is 13.6 Å². The number of rotatable bonds is 8. The summed E-state index contributed by atoms with van der Waals surface area (Å²) in [6.45, 7) is 5.12. The lowest BCUT2D eigenvalue weighted by molar-refractivity contribution is -0.128. The van der Waals surface area contributed by atoms with Gasteiger partial charge in [0.1, 0.15) is 0 Å². The van der Waals surface area contributed by atoms with Crippen LogP contribution in [0.5, 0.6) is 0 Å². The van der Waals surface area contributed by atoms with Crippen molar-refractivity contribution in [1.82, 2.24) is 9.79 Å². The van der Waals surface area contributed by atoms with Crippen LogP contribution in [0.15, 0.2) is 41.8 Å². The zero-order valence-corrected chi connectivity index (χ0v) is 14.5. The molecule has 8 nitrogen and oxygen atoms in total. The van der Waals surface area contributed by atoms with E-state index in [0.717, 1.165) is 6.07 Å². The third-order valence-corrected chi connectivity index (χ3v) is 4.71. The number of benzene rings is 1. The highest BCUT2D eigenvalue weighted by Crippen LogP contribution is 2.17. The molecule has 0 aromatic heterocycles. The number of nitrogens with zero attached hydrogens (tertiary/aromatic N) is 1. The number of sulfonamides is 1. The summed E-state index contributed by atoms with van der Waals surface area (Å²) < 4.78 is 30.0. The Morgan fingerprint density at radius 1 is 1.42 bits per heavy atom. The van der Waals surface area contributed by atoms with Crippen molar-refractivity contribution >= 4 is 21.9 Å². The summed E-state index contributed by atoms with van der Waals surface area (Å²) in [6, 6.07) is 5.27. The van der Waals surface area contributed by atoms with Crippen LogP contribution in [-0.2, 0) is 24.4 Å². The summed E-state index contributed by atoms with van der Waals surface area (Å²) in [5, 5.41) is 2.49. The van der Waals surface area contributed by atoms with E-state index in [1.807, 2.05) is 0 Å². The van der Waals surface area contributed by atoms with Crippen LogP contribution in [0.3, 0.4) is 0 Å². The molecule has 0 bridgehead atoms. The van der Waals surface area contributed by atoms with Crippen molar-refractivity contribution in [1.29, 1.82) is 0 Å². The second-order valence-electron chi connectivity index (χ2n) is 4.71. The Kier molecular flexibility index (Phi) is 7.08. The molecule has 0 aliphatic heterocycles. The Morgan fingerprint density at radius 2 is 2.08 bits per heavy atom. The Bertz CT molecular complexity index is 716. The van der Waals surface area contributed by atoms with Gasteiger partial charge in [-0.2, -0.15) is 0 Å². The van der Waals surface area contributed by atoms with Gasteiger partial charge in [-0.3, -0.25) is 9.63 Å². The molecule has 0 unspecified atom stereocenters. The first-order valence-electron chi connectivity index (χ1n) is 6.96. The highest BCUT2D eigenvalue weighted by molar-refractivity contribution is 7.89. The molecular formula is C15H20N2O6S. The molecule has 0 aliphatic carbocycles. The van der Waals surface area contributed by atoms with E-state index in [0.29, 0.717) is 4.47 Å². The van der Waals surface area contributed by atoms with E-state index < -0.39 is 28.0 Å². The lowest BCUT2D eigenvalue weighted by atomic mass is 10.2. The van der Waals surface area contributed by atoms with Crippen LogP contribution < -0.4 is 5.32 Å². The number of nitrogens with one attached hydrogen (secondary N) is 1. The van der Waals surface area contributed by atoms with Gasteiger partial charge in [0.15, 0.2) is 6.10 Å². The number of carbonyl (C=O) groups excluding carboxylic acids is 2. The molecule has 1 aromatic carbocycles. The van der Waals surface area contributed by atoms with Crippen molar-refractivity contribution in [2.75, 3.05) is 20.7 Å². The highest BCUT2D eigenvalue weighted by Gasteiger charge is 2.23. The van der Waals surface area contributed by atoms with Crippen molar-refractivity contribution in [2.24, 2.45) is 0 Å². The minimum Gasteiger partial charge on any atom is -0.449 e. The molecule has 0 heterocycles. The van der Waals surface area contributed by atoms with Gasteiger partial charge in [0.25, 0.3) is 15.9 Å². The molecule has 0 radical (unpaired) electrons. The molecule has 0 saturated carbocycles. The third kappa shape index (κ3) is 4.88. The summed E-state index contributed by atoms with van der Waals surface area (Å²) in [5.41, 5.74) is 0.00366. The predicted molar refractivity (Wildman–Crippen MR) is 86.5 cm³/mol. The van der Waals surface area contributed by atoms with Crippen LogP contribution in [0.1, 0.15) is 17.3 Å². The third-order valence-electron chi connectivity index (χ3n) is 3.04. The standard InChI is InChI=1S/C15H20N2O6S/c1-5-9-16-14(18)11(2)23-15(19)12-7-6-8-13(10-12)24(20,21)17(3)22-4/h5-8,10-11H,1,9H2,2-4H3,(H,16,18)/t11-/m1/s1. The average Bonchev–Trinajstić information content (AvgIpc) is 2.58. The van der Waals surface area contributed by atoms with Crippen LogP contribution in [0.2, 0.25) is 0 Å². The molecule has 24 heavy (non-hydrogen) atoms. The quantitative estimate of drug-likeness (QED) is 0.418. The number of amides is 1. The van der Waals surface area contributed by atoms with E-state index in [9.17, 15) is 18.0 Å². The lowest BCUT2D eigenvalue weighted by Gasteiger charge is -2.15. The molecule has 1 amide bonds. The summed E-state index contributed by atoms with van der Waals surface area (Å²) in [5.74, 6) is -1.29. The summed E-state index contributed by atoms with van der Waals surface area (Å²) in [6.07, 6.45) is 0.465. The normalized spacial score (nSPS) is 12.5. The monoisotopic (exact) mass is 356 g/mol. The van der Waals surface area contributed by atoms with Crippen molar-refractivity contribution in [3.63, 3.8) is 0 Å². The second kappa shape index (κ2) is 8.57. The molecule has 1 N–H and O–H groups in total. The summed E-state index contributed by atoms with van der Waals surface area (Å²) >= 11 is 0. The van der Waals surface area contributed by atoms with Gasteiger partial charge in [-0.05, 0) is 25.1 Å². The smallest absolute Gasteiger partial charge is 0.338 e. The molecule has 0 fully saturated rings. The SMILES string of the molecule is C=CCNC(=O)[C@@H](C)OC(=O)c1cccc(S(=O)(=O)N(C)OC)c1. The summed E-state index contributed by atoms with van der Waals surface area (Å²) in [7, 11) is -1.45. The molecule has 1 rings (SSSR count). The van der Waals surface area contributed by atoms with Crippen LogP contribution in [0, 0.1) is 0 Å². The van der Waals surface area contributed by atoms with Crippen LogP contribution in [0.25, 0.3) is 0 Å². The van der Waals surface area contributed by atoms with Gasteiger partial charge in [0.05, 0.1) is 17.6 Å². The highest BCUT2D eigenvalue weighted by atomic mass is 32.2. The number of hydroxylamine groups is 1. The molecule has 1 atom stereocenters. The average molecular weight is 356 g/mol. The van der Waals surface area contributed by atoms with Crippen LogP contribution >= 0.6 is 0 Å². The van der Waals surface area contributed by atoms with E-state index in [2.05, 4.69) is 16.7 Å². The molecule has 0 saturated heterocycles. The van der Waals surface area contributed by atoms with Crippen LogP contribution in [-0.4, -0.2) is 51.6 Å². The first-order valence-corrected chi connectivity index (χ1v) is 8.40. The zero-order valence-electron chi connectivity index (χ0n) is 13.7. The first-order chi connectivity index (χ1) is 11.2. The number of esters is 1. The number of carbonyl (C=O) groups is 2. The Hall–Kier alpha value is -2.23.